The van der Waals surface area contributed by atoms with Crippen molar-refractivity contribution in [3.8, 4) is 0 Å². The van der Waals surface area contributed by atoms with Gasteiger partial charge in [-0.3, -0.25) is 0 Å². The van der Waals surface area contributed by atoms with Gasteiger partial charge in [0, 0.05) is 0 Å². The molecule has 0 aromatic carbocycles. The van der Waals surface area contributed by atoms with Crippen molar-refractivity contribution in [3.63, 3.8) is 0 Å². The standard InChI is InChI=1S/C11H16O.3C2H6/c1-5-8-10(4)11(7-3)12-9-6-2;3*1-2/h5-8H,1-2,9H2,3-4H3;3*1-2H3/b10-8-,11-7+;;;. The summed E-state index contributed by atoms with van der Waals surface area (Å²) in [6, 6.07) is 0. The van der Waals surface area contributed by atoms with E-state index in [-0.39, 0.29) is 0 Å². The van der Waals surface area contributed by atoms with Crippen LogP contribution in [0, 0.1) is 0 Å². The van der Waals surface area contributed by atoms with E-state index in [1.165, 1.54) is 0 Å². The van der Waals surface area contributed by atoms with E-state index in [1.807, 2.05) is 67.5 Å². The van der Waals surface area contributed by atoms with E-state index in [0.717, 1.165) is 11.3 Å². The minimum absolute atomic E-state index is 0.544. The summed E-state index contributed by atoms with van der Waals surface area (Å²) in [6.07, 6.45) is 7.32. The average molecular weight is 254 g/mol. The topological polar surface area (TPSA) is 9.23 Å². The number of allylic oxidation sites excluding steroid dienone is 4. The summed E-state index contributed by atoms with van der Waals surface area (Å²) in [7, 11) is 0. The highest BCUT2D eigenvalue weighted by Crippen LogP contribution is 2.10. The largest absolute Gasteiger partial charge is 0.490 e. The van der Waals surface area contributed by atoms with Gasteiger partial charge in [0.15, 0.2) is 0 Å². The lowest BCUT2D eigenvalue weighted by molar-refractivity contribution is 0.256. The molecule has 0 radical (unpaired) electrons. The highest BCUT2D eigenvalue weighted by atomic mass is 16.5. The fourth-order valence-corrected chi connectivity index (χ4v) is 0.832. The number of ether oxygens (including phenoxy) is 1. The monoisotopic (exact) mass is 254 g/mol. The molecule has 0 atom stereocenters. The van der Waals surface area contributed by atoms with Crippen LogP contribution < -0.4 is 0 Å². The predicted octanol–water partition coefficient (Wildman–Crippen LogP) is 6.30. The molecule has 0 aliphatic heterocycles. The molecule has 1 nitrogen and oxygen atoms in total. The quantitative estimate of drug-likeness (QED) is 0.317. The molecule has 0 aromatic heterocycles. The summed E-state index contributed by atoms with van der Waals surface area (Å²) in [5, 5.41) is 0. The van der Waals surface area contributed by atoms with Crippen LogP contribution in [-0.4, -0.2) is 6.61 Å². The van der Waals surface area contributed by atoms with Gasteiger partial charge in [-0.15, -0.1) is 0 Å². The van der Waals surface area contributed by atoms with Crippen molar-refractivity contribution in [1.82, 2.24) is 0 Å². The van der Waals surface area contributed by atoms with Gasteiger partial charge in [0.2, 0.25) is 0 Å². The van der Waals surface area contributed by atoms with Crippen molar-refractivity contribution in [2.75, 3.05) is 6.61 Å². The van der Waals surface area contributed by atoms with Crippen molar-refractivity contribution in [3.05, 3.63) is 48.8 Å². The maximum absolute atomic E-state index is 5.38. The summed E-state index contributed by atoms with van der Waals surface area (Å²) >= 11 is 0. The first-order chi connectivity index (χ1) is 8.76. The van der Waals surface area contributed by atoms with E-state index in [4.69, 9.17) is 4.74 Å². The van der Waals surface area contributed by atoms with E-state index in [1.54, 1.807) is 12.2 Å². The third-order valence-electron chi connectivity index (χ3n) is 1.38. The molecule has 0 bridgehead atoms. The van der Waals surface area contributed by atoms with Crippen LogP contribution in [0.25, 0.3) is 0 Å². The van der Waals surface area contributed by atoms with Crippen molar-refractivity contribution in [2.24, 2.45) is 0 Å². The number of rotatable bonds is 5. The molecule has 1 heteroatoms. The number of hydrogen-bond donors (Lipinski definition) is 0. The van der Waals surface area contributed by atoms with Gasteiger partial charge in [-0.25, -0.2) is 0 Å². The summed E-state index contributed by atoms with van der Waals surface area (Å²) in [6.45, 7) is 23.7. The fraction of sp³-hybridized carbons (Fsp3) is 0.529. The van der Waals surface area contributed by atoms with Crippen LogP contribution >= 0.6 is 0 Å². The van der Waals surface area contributed by atoms with Crippen molar-refractivity contribution in [2.45, 2.75) is 55.4 Å². The first kappa shape index (κ1) is 25.6. The Morgan fingerprint density at radius 1 is 1.00 bits per heavy atom. The molecule has 0 rings (SSSR count). The molecule has 0 spiro atoms. The molecule has 0 amide bonds. The first-order valence-corrected chi connectivity index (χ1v) is 6.96. The van der Waals surface area contributed by atoms with Gasteiger partial charge in [-0.1, -0.05) is 72.9 Å². The van der Waals surface area contributed by atoms with Crippen LogP contribution in [0.15, 0.2) is 48.8 Å². The Morgan fingerprint density at radius 3 is 1.72 bits per heavy atom. The highest BCUT2D eigenvalue weighted by Gasteiger charge is 1.96. The Bertz CT molecular complexity index is 210. The lowest BCUT2D eigenvalue weighted by Crippen LogP contribution is -1.93. The van der Waals surface area contributed by atoms with Crippen LogP contribution in [-0.2, 0) is 4.74 Å². The van der Waals surface area contributed by atoms with Crippen LogP contribution in [0.3, 0.4) is 0 Å². The Labute approximate surface area is 116 Å². The third-order valence-corrected chi connectivity index (χ3v) is 1.38. The van der Waals surface area contributed by atoms with Gasteiger partial charge in [0.05, 0.1) is 0 Å². The van der Waals surface area contributed by atoms with E-state index >= 15 is 0 Å². The van der Waals surface area contributed by atoms with Gasteiger partial charge in [-0.05, 0) is 25.5 Å². The lowest BCUT2D eigenvalue weighted by Gasteiger charge is -2.07. The Morgan fingerprint density at radius 2 is 1.44 bits per heavy atom. The maximum atomic E-state index is 5.38. The van der Waals surface area contributed by atoms with Crippen molar-refractivity contribution in [1.29, 1.82) is 0 Å². The minimum atomic E-state index is 0.544. The lowest BCUT2D eigenvalue weighted by atomic mass is 10.2. The highest BCUT2D eigenvalue weighted by molar-refractivity contribution is 5.26. The Balaban J connectivity index is -0.000000141. The van der Waals surface area contributed by atoms with Crippen molar-refractivity contribution < 1.29 is 4.74 Å². The molecule has 108 valence electrons. The fourth-order valence-electron chi connectivity index (χ4n) is 0.832. The molecule has 0 aromatic rings. The zero-order valence-corrected chi connectivity index (χ0v) is 13.8. The van der Waals surface area contributed by atoms with Gasteiger partial charge in [0.1, 0.15) is 12.4 Å². The molecule has 0 heterocycles. The van der Waals surface area contributed by atoms with Crippen LogP contribution in [0.2, 0.25) is 0 Å². The molecular weight excluding hydrogens is 220 g/mol. The molecule has 0 aliphatic carbocycles. The first-order valence-electron chi connectivity index (χ1n) is 6.96. The second kappa shape index (κ2) is 29.7. The second-order valence-electron chi connectivity index (χ2n) is 2.34. The van der Waals surface area contributed by atoms with Crippen LogP contribution in [0.5, 0.6) is 0 Å². The number of hydrogen-bond acceptors (Lipinski definition) is 1. The van der Waals surface area contributed by atoms with Gasteiger partial charge in [-0.2, -0.15) is 0 Å². The molecule has 0 saturated heterocycles. The van der Waals surface area contributed by atoms with Crippen molar-refractivity contribution >= 4 is 0 Å². The zero-order chi connectivity index (χ0) is 15.4. The Kier molecular flexibility index (Phi) is 42.1. The summed E-state index contributed by atoms with van der Waals surface area (Å²) in [5.41, 5.74) is 1.08. The zero-order valence-electron chi connectivity index (χ0n) is 13.8. The smallest absolute Gasteiger partial charge is 0.118 e. The van der Waals surface area contributed by atoms with Crippen LogP contribution in [0.4, 0.5) is 0 Å². The SMILES string of the molecule is C=C/C=C(C)\C(=C/C)OCC=C.CC.CC.CC. The van der Waals surface area contributed by atoms with Gasteiger partial charge < -0.3 is 4.74 Å². The van der Waals surface area contributed by atoms with E-state index in [2.05, 4.69) is 13.2 Å². The van der Waals surface area contributed by atoms with Gasteiger partial charge in [0.25, 0.3) is 0 Å². The van der Waals surface area contributed by atoms with E-state index in [0.29, 0.717) is 6.61 Å². The summed E-state index contributed by atoms with van der Waals surface area (Å²) in [5.74, 6) is 0.884. The predicted molar refractivity (Wildman–Crippen MR) is 87.9 cm³/mol. The van der Waals surface area contributed by atoms with E-state index < -0.39 is 0 Å². The summed E-state index contributed by atoms with van der Waals surface area (Å²) < 4.78 is 5.38. The van der Waals surface area contributed by atoms with E-state index in [9.17, 15) is 0 Å². The third kappa shape index (κ3) is 20.2. The Hall–Kier alpha value is -1.24. The van der Waals surface area contributed by atoms with Gasteiger partial charge >= 0.3 is 0 Å². The normalized spacial score (nSPS) is 9.33. The molecule has 0 fully saturated rings. The second-order valence-corrected chi connectivity index (χ2v) is 2.34. The van der Waals surface area contributed by atoms with Crippen LogP contribution in [0.1, 0.15) is 55.4 Å². The molecular formula is C17H34O. The molecule has 0 aliphatic rings. The minimum Gasteiger partial charge on any atom is -0.490 e. The maximum Gasteiger partial charge on any atom is 0.118 e. The molecule has 0 saturated carbocycles. The molecule has 0 N–H and O–H groups in total. The average Bonchev–Trinajstić information content (AvgIpc) is 2.46. The molecule has 18 heavy (non-hydrogen) atoms. The summed E-state index contributed by atoms with van der Waals surface area (Å²) in [4.78, 5) is 0. The molecule has 0 unspecified atom stereocenters.